The number of rotatable bonds is 1. The van der Waals surface area contributed by atoms with Gasteiger partial charge in [-0.2, -0.15) is 0 Å². The number of ether oxygens (including phenoxy) is 1. The first-order valence-corrected chi connectivity index (χ1v) is 6.39. The molecule has 5 heteroatoms. The molecule has 1 aliphatic heterocycles. The van der Waals surface area contributed by atoms with Crippen molar-refractivity contribution in [3.05, 3.63) is 46.5 Å². The second-order valence-corrected chi connectivity index (χ2v) is 5.50. The van der Waals surface area contributed by atoms with Crippen molar-refractivity contribution in [1.82, 2.24) is 0 Å². The molecule has 0 unspecified atom stereocenters. The molecule has 1 aliphatic carbocycles. The van der Waals surface area contributed by atoms with Crippen molar-refractivity contribution in [3.63, 3.8) is 0 Å². The van der Waals surface area contributed by atoms with Crippen molar-refractivity contribution >= 4 is 23.6 Å². The number of carboxylic acid groups (broad SMARTS) is 1. The molecule has 0 amide bonds. The third-order valence-electron chi connectivity index (χ3n) is 3.47. The van der Waals surface area contributed by atoms with E-state index in [0.717, 1.165) is 6.08 Å². The molecule has 1 N–H and O–H groups in total. The first kappa shape index (κ1) is 13.3. The number of benzene rings is 1. The molecule has 0 bridgehead atoms. The van der Waals surface area contributed by atoms with E-state index in [1.807, 2.05) is 13.8 Å². The second kappa shape index (κ2) is 4.15. The van der Waals surface area contributed by atoms with E-state index in [-0.39, 0.29) is 11.1 Å². The van der Waals surface area contributed by atoms with Gasteiger partial charge in [-0.3, -0.25) is 9.59 Å². The lowest BCUT2D eigenvalue weighted by Gasteiger charge is -2.29. The molecule has 1 aromatic rings. The number of hydrogen-bond acceptors (Lipinski definition) is 4. The van der Waals surface area contributed by atoms with Gasteiger partial charge < -0.3 is 9.84 Å². The Morgan fingerprint density at radius 3 is 2.62 bits per heavy atom. The zero-order valence-electron chi connectivity index (χ0n) is 11.5. The molecule has 0 atom stereocenters. The van der Waals surface area contributed by atoms with E-state index in [1.165, 1.54) is 6.07 Å². The van der Waals surface area contributed by atoms with Crippen LogP contribution >= 0.6 is 0 Å². The Labute approximate surface area is 120 Å². The minimum Gasteiger partial charge on any atom is -0.483 e. The van der Waals surface area contributed by atoms with Crippen molar-refractivity contribution < 1.29 is 24.2 Å². The normalized spacial score (nSPS) is 18.5. The zero-order chi connectivity index (χ0) is 15.4. The van der Waals surface area contributed by atoms with Gasteiger partial charge in [0.15, 0.2) is 5.78 Å². The van der Waals surface area contributed by atoms with Crippen LogP contribution in [-0.4, -0.2) is 28.2 Å². The molecule has 1 aromatic carbocycles. The van der Waals surface area contributed by atoms with Crippen LogP contribution in [0, 0.1) is 0 Å². The van der Waals surface area contributed by atoms with Crippen LogP contribution in [0.15, 0.2) is 29.9 Å². The van der Waals surface area contributed by atoms with Gasteiger partial charge in [0.2, 0.25) is 5.78 Å². The molecule has 2 aliphatic rings. The minimum atomic E-state index is -1.40. The number of Topliss-reactive ketones (excluding diaryl/α,β-unsaturated/α-hetero) is 1. The summed E-state index contributed by atoms with van der Waals surface area (Å²) < 4.78 is 5.76. The Morgan fingerprint density at radius 2 is 1.95 bits per heavy atom. The van der Waals surface area contributed by atoms with Crippen molar-refractivity contribution in [2.45, 2.75) is 19.4 Å². The van der Waals surface area contributed by atoms with Crippen LogP contribution in [0.1, 0.15) is 40.1 Å². The van der Waals surface area contributed by atoms with E-state index in [0.29, 0.717) is 11.3 Å². The summed E-state index contributed by atoms with van der Waals surface area (Å²) in [6.45, 7) is 3.75. The first-order valence-electron chi connectivity index (χ1n) is 6.39. The topological polar surface area (TPSA) is 80.7 Å². The monoisotopic (exact) mass is 284 g/mol. The molecular weight excluding hydrogens is 272 g/mol. The maximum atomic E-state index is 12.2. The van der Waals surface area contributed by atoms with Crippen molar-refractivity contribution in [2.75, 3.05) is 0 Å². The van der Waals surface area contributed by atoms with E-state index in [4.69, 9.17) is 9.84 Å². The average Bonchev–Trinajstić information content (AvgIpc) is 2.40. The van der Waals surface area contributed by atoms with Crippen LogP contribution in [0.3, 0.4) is 0 Å². The fourth-order valence-electron chi connectivity index (χ4n) is 2.48. The number of aliphatic carboxylic acids is 1. The summed E-state index contributed by atoms with van der Waals surface area (Å²) in [4.78, 5) is 35.4. The van der Waals surface area contributed by atoms with Gasteiger partial charge in [0.05, 0.1) is 0 Å². The zero-order valence-corrected chi connectivity index (χ0v) is 11.5. The maximum Gasteiger partial charge on any atom is 0.339 e. The number of hydrogen-bond donors (Lipinski definition) is 1. The van der Waals surface area contributed by atoms with Crippen LogP contribution in [0.2, 0.25) is 0 Å². The van der Waals surface area contributed by atoms with Gasteiger partial charge in [-0.25, -0.2) is 4.79 Å². The molecule has 21 heavy (non-hydrogen) atoms. The highest BCUT2D eigenvalue weighted by Crippen LogP contribution is 2.37. The van der Waals surface area contributed by atoms with E-state index in [9.17, 15) is 14.4 Å². The number of carbonyl (C=O) groups is 3. The van der Waals surface area contributed by atoms with Gasteiger partial charge >= 0.3 is 5.97 Å². The van der Waals surface area contributed by atoms with E-state index in [2.05, 4.69) is 0 Å². The Balaban J connectivity index is 2.21. The molecule has 1 heterocycles. The minimum absolute atomic E-state index is 0.103. The quantitative estimate of drug-likeness (QED) is 0.800. The number of allylic oxidation sites excluding steroid dienone is 1. The summed E-state index contributed by atoms with van der Waals surface area (Å²) >= 11 is 0. The van der Waals surface area contributed by atoms with Crippen molar-refractivity contribution in [3.8, 4) is 5.75 Å². The molecule has 106 valence electrons. The fourth-order valence-corrected chi connectivity index (χ4v) is 2.48. The Kier molecular flexibility index (Phi) is 2.63. The predicted molar refractivity (Wildman–Crippen MR) is 74.6 cm³/mol. The standard InChI is InChI=1S/C16H12O5/c1-16(2)6-5-8-12(21-16)4-3-9-13(8)11(17)7-10(14(9)18)15(19)20/h3-7H,1-2H3,(H,19,20). The number of ketones is 2. The van der Waals surface area contributed by atoms with Crippen LogP contribution in [0.25, 0.3) is 6.08 Å². The summed E-state index contributed by atoms with van der Waals surface area (Å²) in [5.74, 6) is -2.04. The SMILES string of the molecule is CC1(C)C=Cc2c(ccc3c2C(=O)C=C(C(=O)O)C3=O)O1. The Bertz CT molecular complexity index is 765. The van der Waals surface area contributed by atoms with E-state index >= 15 is 0 Å². The van der Waals surface area contributed by atoms with Crippen molar-refractivity contribution in [1.29, 1.82) is 0 Å². The predicted octanol–water partition coefficient (Wildman–Crippen LogP) is 2.26. The van der Waals surface area contributed by atoms with E-state index < -0.39 is 28.7 Å². The smallest absolute Gasteiger partial charge is 0.339 e. The molecule has 5 nitrogen and oxygen atoms in total. The summed E-state index contributed by atoms with van der Waals surface area (Å²) in [5.41, 5.74) is -0.175. The molecule has 0 saturated heterocycles. The lowest BCUT2D eigenvalue weighted by Crippen LogP contribution is -2.29. The molecule has 0 aromatic heterocycles. The maximum absolute atomic E-state index is 12.2. The average molecular weight is 284 g/mol. The summed E-state index contributed by atoms with van der Waals surface area (Å²) in [6, 6.07) is 3.04. The molecular formula is C16H12O5. The van der Waals surface area contributed by atoms with Crippen LogP contribution in [-0.2, 0) is 4.79 Å². The van der Waals surface area contributed by atoms with Gasteiger partial charge in [-0.1, -0.05) is 6.08 Å². The highest BCUT2D eigenvalue weighted by molar-refractivity contribution is 6.34. The summed E-state index contributed by atoms with van der Waals surface area (Å²) in [5, 5.41) is 8.98. The summed E-state index contributed by atoms with van der Waals surface area (Å²) in [7, 11) is 0. The second-order valence-electron chi connectivity index (χ2n) is 5.50. The first-order chi connectivity index (χ1) is 9.80. The van der Waals surface area contributed by atoms with Gasteiger partial charge in [-0.05, 0) is 32.1 Å². The highest BCUT2D eigenvalue weighted by atomic mass is 16.5. The van der Waals surface area contributed by atoms with Gasteiger partial charge in [0.1, 0.15) is 16.9 Å². The number of carbonyl (C=O) groups excluding carboxylic acids is 2. The third-order valence-corrected chi connectivity index (χ3v) is 3.47. The van der Waals surface area contributed by atoms with Gasteiger partial charge in [-0.15, -0.1) is 0 Å². The molecule has 0 saturated carbocycles. The van der Waals surface area contributed by atoms with E-state index in [1.54, 1.807) is 18.2 Å². The highest BCUT2D eigenvalue weighted by Gasteiger charge is 2.34. The third kappa shape index (κ3) is 1.98. The molecule has 3 rings (SSSR count). The van der Waals surface area contributed by atoms with Gasteiger partial charge in [0.25, 0.3) is 0 Å². The Morgan fingerprint density at radius 1 is 1.24 bits per heavy atom. The fraction of sp³-hybridized carbons (Fsp3) is 0.188. The number of carboxylic acids is 1. The van der Waals surface area contributed by atoms with Gasteiger partial charge in [0, 0.05) is 22.8 Å². The van der Waals surface area contributed by atoms with Crippen LogP contribution in [0.5, 0.6) is 5.75 Å². The molecule has 0 fully saturated rings. The largest absolute Gasteiger partial charge is 0.483 e. The molecule has 0 spiro atoms. The van der Waals surface area contributed by atoms with Crippen LogP contribution in [0.4, 0.5) is 0 Å². The lowest BCUT2D eigenvalue weighted by atomic mass is 9.85. The van der Waals surface area contributed by atoms with Crippen molar-refractivity contribution in [2.24, 2.45) is 0 Å². The molecule has 0 radical (unpaired) electrons. The lowest BCUT2D eigenvalue weighted by molar-refractivity contribution is -0.132. The summed E-state index contributed by atoms with van der Waals surface area (Å²) in [6.07, 6.45) is 4.41. The Hall–Kier alpha value is -2.69. The van der Waals surface area contributed by atoms with Crippen LogP contribution < -0.4 is 4.74 Å². The number of fused-ring (bicyclic) bond motifs is 3.